The van der Waals surface area contributed by atoms with E-state index in [4.69, 9.17) is 16.3 Å². The first kappa shape index (κ1) is 18.5. The van der Waals surface area contributed by atoms with Crippen LogP contribution in [0.15, 0.2) is 48.5 Å². The minimum absolute atomic E-state index is 0.183. The molecule has 2 amide bonds. The van der Waals surface area contributed by atoms with E-state index < -0.39 is 18.0 Å². The third kappa shape index (κ3) is 5.32. The number of carbonyl (C=O) groups is 3. The summed E-state index contributed by atoms with van der Waals surface area (Å²) in [7, 11) is 0. The normalized spacial score (nSPS) is 11.3. The van der Waals surface area contributed by atoms with Crippen LogP contribution in [0.4, 0.5) is 11.4 Å². The van der Waals surface area contributed by atoms with E-state index in [9.17, 15) is 14.4 Å². The lowest BCUT2D eigenvalue weighted by Crippen LogP contribution is -2.30. The number of anilines is 2. The van der Waals surface area contributed by atoms with E-state index in [0.717, 1.165) is 0 Å². The summed E-state index contributed by atoms with van der Waals surface area (Å²) >= 11 is 5.93. The molecule has 2 aromatic carbocycles. The predicted molar refractivity (Wildman–Crippen MR) is 95.7 cm³/mol. The minimum atomic E-state index is -1.00. The van der Waals surface area contributed by atoms with Crippen LogP contribution in [0, 0.1) is 0 Å². The van der Waals surface area contributed by atoms with Crippen LogP contribution in [0.2, 0.25) is 5.02 Å². The van der Waals surface area contributed by atoms with Gasteiger partial charge in [-0.25, -0.2) is 4.79 Å². The number of ether oxygens (including phenoxy) is 1. The molecule has 0 saturated heterocycles. The number of carbonyl (C=O) groups excluding carboxylic acids is 3. The summed E-state index contributed by atoms with van der Waals surface area (Å²) in [6.07, 6.45) is -1.00. The van der Waals surface area contributed by atoms with Gasteiger partial charge in [0.1, 0.15) is 0 Å². The first-order chi connectivity index (χ1) is 11.9. The molecule has 0 bridgehead atoms. The highest BCUT2D eigenvalue weighted by molar-refractivity contribution is 6.33. The van der Waals surface area contributed by atoms with E-state index in [1.54, 1.807) is 42.5 Å². The number of hydrogen-bond donors (Lipinski definition) is 2. The summed E-state index contributed by atoms with van der Waals surface area (Å²) in [4.78, 5) is 35.2. The Morgan fingerprint density at radius 1 is 0.960 bits per heavy atom. The van der Waals surface area contributed by atoms with Crippen molar-refractivity contribution < 1.29 is 19.1 Å². The minimum Gasteiger partial charge on any atom is -0.449 e. The van der Waals surface area contributed by atoms with Gasteiger partial charge >= 0.3 is 5.97 Å². The second-order valence-corrected chi connectivity index (χ2v) is 5.68. The highest BCUT2D eigenvalue weighted by atomic mass is 35.5. The topological polar surface area (TPSA) is 84.5 Å². The molecular weight excluding hydrogens is 344 g/mol. The van der Waals surface area contributed by atoms with Crippen LogP contribution in [0.5, 0.6) is 0 Å². The first-order valence-electron chi connectivity index (χ1n) is 7.51. The average Bonchev–Trinajstić information content (AvgIpc) is 2.56. The molecule has 0 radical (unpaired) electrons. The van der Waals surface area contributed by atoms with Crippen molar-refractivity contribution >= 4 is 40.8 Å². The zero-order chi connectivity index (χ0) is 18.4. The summed E-state index contributed by atoms with van der Waals surface area (Å²) in [5, 5.41) is 5.51. The van der Waals surface area contributed by atoms with Crippen molar-refractivity contribution in [2.24, 2.45) is 0 Å². The number of nitrogens with one attached hydrogen (secondary N) is 2. The maximum atomic E-state index is 12.1. The van der Waals surface area contributed by atoms with Crippen LogP contribution in [0.1, 0.15) is 24.2 Å². The molecule has 0 spiro atoms. The van der Waals surface area contributed by atoms with Gasteiger partial charge in [-0.3, -0.25) is 9.59 Å². The van der Waals surface area contributed by atoms with Gasteiger partial charge in [0.05, 0.1) is 10.6 Å². The molecule has 1 atom stereocenters. The second kappa shape index (κ2) is 8.30. The molecule has 0 aliphatic rings. The van der Waals surface area contributed by atoms with Crippen molar-refractivity contribution in [3.63, 3.8) is 0 Å². The molecule has 7 heteroatoms. The molecule has 130 valence electrons. The molecule has 25 heavy (non-hydrogen) atoms. The largest absolute Gasteiger partial charge is 0.449 e. The molecule has 0 aliphatic carbocycles. The van der Waals surface area contributed by atoms with Gasteiger partial charge in [-0.15, -0.1) is 0 Å². The molecule has 0 aromatic heterocycles. The van der Waals surface area contributed by atoms with Gasteiger partial charge in [0, 0.05) is 18.3 Å². The van der Waals surface area contributed by atoms with Crippen molar-refractivity contribution in [3.05, 3.63) is 59.1 Å². The maximum Gasteiger partial charge on any atom is 0.340 e. The third-order valence-electron chi connectivity index (χ3n) is 3.22. The Hall–Kier alpha value is -2.86. The van der Waals surface area contributed by atoms with E-state index in [2.05, 4.69) is 10.6 Å². The van der Waals surface area contributed by atoms with Crippen LogP contribution in [0.25, 0.3) is 0 Å². The Morgan fingerprint density at radius 2 is 1.52 bits per heavy atom. The van der Waals surface area contributed by atoms with E-state index in [1.165, 1.54) is 19.9 Å². The number of esters is 1. The van der Waals surface area contributed by atoms with Gasteiger partial charge < -0.3 is 15.4 Å². The zero-order valence-corrected chi connectivity index (χ0v) is 14.5. The van der Waals surface area contributed by atoms with Crippen LogP contribution in [-0.2, 0) is 14.3 Å². The quantitative estimate of drug-likeness (QED) is 0.799. The van der Waals surface area contributed by atoms with Gasteiger partial charge in [0.25, 0.3) is 5.91 Å². The van der Waals surface area contributed by atoms with E-state index in [0.29, 0.717) is 11.4 Å². The summed E-state index contributed by atoms with van der Waals surface area (Å²) in [5.41, 5.74) is 1.33. The fraction of sp³-hybridized carbons (Fsp3) is 0.167. The lowest BCUT2D eigenvalue weighted by molar-refractivity contribution is -0.123. The monoisotopic (exact) mass is 360 g/mol. The summed E-state index contributed by atoms with van der Waals surface area (Å²) in [6.45, 7) is 2.88. The van der Waals surface area contributed by atoms with Gasteiger partial charge in [0.15, 0.2) is 6.10 Å². The Balaban J connectivity index is 1.95. The Bertz CT molecular complexity index is 790. The number of rotatable bonds is 5. The van der Waals surface area contributed by atoms with E-state index in [1.807, 2.05) is 0 Å². The van der Waals surface area contributed by atoms with Gasteiger partial charge in [-0.2, -0.15) is 0 Å². The van der Waals surface area contributed by atoms with Crippen molar-refractivity contribution in [3.8, 4) is 0 Å². The molecule has 6 nitrogen and oxygen atoms in total. The van der Waals surface area contributed by atoms with Gasteiger partial charge in [0.2, 0.25) is 5.91 Å². The Labute approximate surface area is 150 Å². The Kier molecular flexibility index (Phi) is 6.14. The molecule has 0 saturated carbocycles. The predicted octanol–water partition coefficient (Wildman–Crippen LogP) is 3.48. The Morgan fingerprint density at radius 3 is 2.08 bits per heavy atom. The van der Waals surface area contributed by atoms with Crippen LogP contribution in [0.3, 0.4) is 0 Å². The molecule has 0 fully saturated rings. The van der Waals surface area contributed by atoms with Crippen LogP contribution < -0.4 is 10.6 Å². The fourth-order valence-corrected chi connectivity index (χ4v) is 2.20. The highest BCUT2D eigenvalue weighted by Gasteiger charge is 2.20. The highest BCUT2D eigenvalue weighted by Crippen LogP contribution is 2.17. The number of hydrogen-bond acceptors (Lipinski definition) is 4. The summed E-state index contributed by atoms with van der Waals surface area (Å²) in [6, 6.07) is 13.0. The smallest absolute Gasteiger partial charge is 0.340 e. The lowest BCUT2D eigenvalue weighted by atomic mass is 10.2. The number of amides is 2. The summed E-state index contributed by atoms with van der Waals surface area (Å²) < 4.78 is 5.14. The fourth-order valence-electron chi connectivity index (χ4n) is 1.99. The first-order valence-corrected chi connectivity index (χ1v) is 7.88. The SMILES string of the molecule is CC(=O)Nc1ccc(NC(=O)[C@H](C)OC(=O)c2ccccc2Cl)cc1. The average molecular weight is 361 g/mol. The lowest BCUT2D eigenvalue weighted by Gasteiger charge is -2.14. The molecule has 2 aromatic rings. The molecular formula is C18H17ClN2O4. The molecule has 0 heterocycles. The van der Waals surface area contributed by atoms with Crippen LogP contribution >= 0.6 is 11.6 Å². The van der Waals surface area contributed by atoms with Crippen molar-refractivity contribution in [1.29, 1.82) is 0 Å². The van der Waals surface area contributed by atoms with Crippen molar-refractivity contribution in [1.82, 2.24) is 0 Å². The molecule has 0 aliphatic heterocycles. The van der Waals surface area contributed by atoms with Crippen molar-refractivity contribution in [2.45, 2.75) is 20.0 Å². The third-order valence-corrected chi connectivity index (χ3v) is 3.55. The number of benzene rings is 2. The van der Waals surface area contributed by atoms with Crippen LogP contribution in [-0.4, -0.2) is 23.9 Å². The molecule has 0 unspecified atom stereocenters. The van der Waals surface area contributed by atoms with Crippen molar-refractivity contribution in [2.75, 3.05) is 10.6 Å². The van der Waals surface area contributed by atoms with E-state index >= 15 is 0 Å². The van der Waals surface area contributed by atoms with Gasteiger partial charge in [-0.05, 0) is 43.3 Å². The van der Waals surface area contributed by atoms with E-state index in [-0.39, 0.29) is 16.5 Å². The second-order valence-electron chi connectivity index (χ2n) is 5.28. The zero-order valence-electron chi connectivity index (χ0n) is 13.7. The maximum absolute atomic E-state index is 12.1. The summed E-state index contributed by atoms with van der Waals surface area (Å²) in [5.74, 6) is -1.33. The number of halogens is 1. The van der Waals surface area contributed by atoms with Gasteiger partial charge in [-0.1, -0.05) is 23.7 Å². The molecule has 2 N–H and O–H groups in total. The molecule has 2 rings (SSSR count). The standard InChI is InChI=1S/C18H17ClN2O4/c1-11(25-18(24)15-5-3-4-6-16(15)19)17(23)21-14-9-7-13(8-10-14)20-12(2)22/h3-11H,1-2H3,(H,20,22)(H,21,23)/t11-/m0/s1.